The van der Waals surface area contributed by atoms with Crippen molar-refractivity contribution in [3.63, 3.8) is 0 Å². The molecular formula is C10H13ClO3. The summed E-state index contributed by atoms with van der Waals surface area (Å²) in [4.78, 5) is 0. The summed E-state index contributed by atoms with van der Waals surface area (Å²) < 4.78 is 4.98. The number of benzene rings is 1. The fourth-order valence-electron chi connectivity index (χ4n) is 1.18. The van der Waals surface area contributed by atoms with Crippen LogP contribution in [-0.4, -0.2) is 23.9 Å². The summed E-state index contributed by atoms with van der Waals surface area (Å²) in [5.74, 6) is 0.576. The van der Waals surface area contributed by atoms with Crippen LogP contribution in [0.3, 0.4) is 0 Å². The Morgan fingerprint density at radius 1 is 1.50 bits per heavy atom. The largest absolute Gasteiger partial charge is 0.495 e. The van der Waals surface area contributed by atoms with E-state index in [-0.39, 0.29) is 6.61 Å². The normalized spacial score (nSPS) is 12.6. The molecule has 0 aliphatic heterocycles. The fourth-order valence-corrected chi connectivity index (χ4v) is 1.44. The average molecular weight is 217 g/mol. The standard InChI is InChI=1S/C10H13ClO3/c1-14-10-3-2-7(6-8(10)11)9(13)4-5-12/h2-3,6,9,12-13H,4-5H2,1H3. The number of halogens is 1. The average Bonchev–Trinajstić information content (AvgIpc) is 2.18. The van der Waals surface area contributed by atoms with Crippen LogP contribution in [0.4, 0.5) is 0 Å². The molecule has 0 aromatic heterocycles. The number of hydrogen-bond donors (Lipinski definition) is 2. The maximum Gasteiger partial charge on any atom is 0.137 e. The number of aliphatic hydroxyl groups is 2. The van der Waals surface area contributed by atoms with Crippen LogP contribution < -0.4 is 4.74 Å². The molecule has 1 atom stereocenters. The van der Waals surface area contributed by atoms with E-state index in [9.17, 15) is 5.11 Å². The van der Waals surface area contributed by atoms with Gasteiger partial charge in [0.1, 0.15) is 5.75 Å². The molecule has 78 valence electrons. The topological polar surface area (TPSA) is 49.7 Å². The van der Waals surface area contributed by atoms with Gasteiger partial charge >= 0.3 is 0 Å². The van der Waals surface area contributed by atoms with E-state index in [1.807, 2.05) is 0 Å². The molecule has 4 heteroatoms. The van der Waals surface area contributed by atoms with Gasteiger partial charge in [-0.15, -0.1) is 0 Å². The lowest BCUT2D eigenvalue weighted by atomic mass is 10.1. The molecule has 0 radical (unpaired) electrons. The highest BCUT2D eigenvalue weighted by Crippen LogP contribution is 2.28. The molecule has 1 aromatic rings. The van der Waals surface area contributed by atoms with Crippen molar-refractivity contribution in [2.24, 2.45) is 0 Å². The van der Waals surface area contributed by atoms with Gasteiger partial charge in [0.2, 0.25) is 0 Å². The minimum absolute atomic E-state index is 0.0508. The Kier molecular flexibility index (Phi) is 4.20. The van der Waals surface area contributed by atoms with Gasteiger partial charge in [0.15, 0.2) is 0 Å². The number of rotatable bonds is 4. The van der Waals surface area contributed by atoms with Crippen LogP contribution in [0.15, 0.2) is 18.2 Å². The van der Waals surface area contributed by atoms with Crippen molar-refractivity contribution in [1.82, 2.24) is 0 Å². The Balaban J connectivity index is 2.85. The van der Waals surface area contributed by atoms with Crippen LogP contribution >= 0.6 is 11.6 Å². The molecule has 14 heavy (non-hydrogen) atoms. The summed E-state index contributed by atoms with van der Waals surface area (Å²) in [6.07, 6.45) is -0.369. The zero-order valence-corrected chi connectivity index (χ0v) is 8.66. The zero-order chi connectivity index (χ0) is 10.6. The molecule has 0 saturated carbocycles. The molecule has 0 aliphatic rings. The van der Waals surface area contributed by atoms with Gasteiger partial charge in [0, 0.05) is 13.0 Å². The van der Waals surface area contributed by atoms with Gasteiger partial charge in [0.25, 0.3) is 0 Å². The Morgan fingerprint density at radius 2 is 2.21 bits per heavy atom. The van der Waals surface area contributed by atoms with Crippen LogP contribution in [0.1, 0.15) is 18.1 Å². The molecular weight excluding hydrogens is 204 g/mol. The molecule has 0 spiro atoms. The Morgan fingerprint density at radius 3 is 2.71 bits per heavy atom. The second-order valence-electron chi connectivity index (χ2n) is 2.92. The maximum absolute atomic E-state index is 9.55. The van der Waals surface area contributed by atoms with Gasteiger partial charge < -0.3 is 14.9 Å². The Bertz CT molecular complexity index is 301. The molecule has 1 aromatic carbocycles. The van der Waals surface area contributed by atoms with Crippen molar-refractivity contribution in [3.05, 3.63) is 28.8 Å². The smallest absolute Gasteiger partial charge is 0.137 e. The molecule has 0 saturated heterocycles. The highest BCUT2D eigenvalue weighted by atomic mass is 35.5. The first-order valence-electron chi connectivity index (χ1n) is 4.31. The summed E-state index contributed by atoms with van der Waals surface area (Å²) in [6, 6.07) is 5.06. The molecule has 0 bridgehead atoms. The van der Waals surface area contributed by atoms with Crippen LogP contribution in [0.5, 0.6) is 5.75 Å². The molecule has 0 heterocycles. The predicted molar refractivity (Wildman–Crippen MR) is 54.7 cm³/mol. The monoisotopic (exact) mass is 216 g/mol. The van der Waals surface area contributed by atoms with E-state index in [1.54, 1.807) is 18.2 Å². The van der Waals surface area contributed by atoms with Crippen LogP contribution in [0, 0.1) is 0 Å². The molecule has 1 unspecified atom stereocenters. The van der Waals surface area contributed by atoms with Crippen LogP contribution in [0.2, 0.25) is 5.02 Å². The van der Waals surface area contributed by atoms with Gasteiger partial charge in [0.05, 0.1) is 18.2 Å². The molecule has 3 nitrogen and oxygen atoms in total. The van der Waals surface area contributed by atoms with Gasteiger partial charge in [-0.1, -0.05) is 17.7 Å². The van der Waals surface area contributed by atoms with Crippen molar-refractivity contribution in [3.8, 4) is 5.75 Å². The quantitative estimate of drug-likeness (QED) is 0.807. The first-order chi connectivity index (χ1) is 6.69. The first kappa shape index (κ1) is 11.3. The van der Waals surface area contributed by atoms with Crippen LogP contribution in [0.25, 0.3) is 0 Å². The fraction of sp³-hybridized carbons (Fsp3) is 0.400. The third-order valence-electron chi connectivity index (χ3n) is 1.96. The number of ether oxygens (including phenoxy) is 1. The van der Waals surface area contributed by atoms with Crippen molar-refractivity contribution >= 4 is 11.6 Å². The van der Waals surface area contributed by atoms with E-state index >= 15 is 0 Å². The van der Waals surface area contributed by atoms with E-state index in [0.717, 1.165) is 0 Å². The van der Waals surface area contributed by atoms with Crippen molar-refractivity contribution in [2.45, 2.75) is 12.5 Å². The van der Waals surface area contributed by atoms with E-state index in [0.29, 0.717) is 22.8 Å². The Labute approximate surface area is 87.9 Å². The second kappa shape index (κ2) is 5.20. The Hall–Kier alpha value is -0.770. The SMILES string of the molecule is COc1ccc(C(O)CCO)cc1Cl. The first-order valence-corrected chi connectivity index (χ1v) is 4.69. The predicted octanol–water partition coefficient (Wildman–Crippen LogP) is 1.76. The van der Waals surface area contributed by atoms with Gasteiger partial charge in [-0.3, -0.25) is 0 Å². The zero-order valence-electron chi connectivity index (χ0n) is 7.90. The van der Waals surface area contributed by atoms with Gasteiger partial charge in [-0.05, 0) is 17.7 Å². The summed E-state index contributed by atoms with van der Waals surface area (Å²) in [5.41, 5.74) is 0.685. The number of methoxy groups -OCH3 is 1. The van der Waals surface area contributed by atoms with E-state index in [4.69, 9.17) is 21.4 Å². The summed E-state index contributed by atoms with van der Waals surface area (Å²) in [5, 5.41) is 18.7. The maximum atomic E-state index is 9.55. The highest BCUT2D eigenvalue weighted by molar-refractivity contribution is 6.32. The summed E-state index contributed by atoms with van der Waals surface area (Å²) in [6.45, 7) is -0.0508. The highest BCUT2D eigenvalue weighted by Gasteiger charge is 2.09. The summed E-state index contributed by atoms with van der Waals surface area (Å²) in [7, 11) is 1.53. The minimum atomic E-state index is -0.677. The molecule has 0 amide bonds. The van der Waals surface area contributed by atoms with Gasteiger partial charge in [-0.2, -0.15) is 0 Å². The van der Waals surface area contributed by atoms with E-state index < -0.39 is 6.10 Å². The van der Waals surface area contributed by atoms with Crippen molar-refractivity contribution < 1.29 is 14.9 Å². The molecule has 1 rings (SSSR count). The van der Waals surface area contributed by atoms with Gasteiger partial charge in [-0.25, -0.2) is 0 Å². The summed E-state index contributed by atoms with van der Waals surface area (Å²) >= 11 is 5.88. The number of hydrogen-bond acceptors (Lipinski definition) is 3. The van der Waals surface area contributed by atoms with Crippen molar-refractivity contribution in [1.29, 1.82) is 0 Å². The van der Waals surface area contributed by atoms with E-state index in [1.165, 1.54) is 7.11 Å². The van der Waals surface area contributed by atoms with Crippen LogP contribution in [-0.2, 0) is 0 Å². The second-order valence-corrected chi connectivity index (χ2v) is 3.33. The lowest BCUT2D eigenvalue weighted by Gasteiger charge is -2.11. The lowest BCUT2D eigenvalue weighted by Crippen LogP contribution is -2.00. The third-order valence-corrected chi connectivity index (χ3v) is 2.26. The number of aliphatic hydroxyl groups excluding tert-OH is 2. The molecule has 2 N–H and O–H groups in total. The van der Waals surface area contributed by atoms with E-state index in [2.05, 4.69) is 0 Å². The third kappa shape index (κ3) is 2.61. The molecule has 0 aliphatic carbocycles. The molecule has 0 fully saturated rings. The minimum Gasteiger partial charge on any atom is -0.495 e. The van der Waals surface area contributed by atoms with Crippen molar-refractivity contribution in [2.75, 3.05) is 13.7 Å². The lowest BCUT2D eigenvalue weighted by molar-refractivity contribution is 0.134.